The minimum Gasteiger partial charge on any atom is -0.313 e. The molecule has 0 fully saturated rings. The van der Waals surface area contributed by atoms with Crippen LogP contribution in [0.1, 0.15) is 18.9 Å². The fraction of sp³-hybridized carbons (Fsp3) is 0.417. The number of aryl methyl sites for hydroxylation is 1. The van der Waals surface area contributed by atoms with Crippen LogP contribution in [0.4, 0.5) is 0 Å². The summed E-state index contributed by atoms with van der Waals surface area (Å²) < 4.78 is 3.00. The number of hydrogen-bond acceptors (Lipinski definition) is 3. The molecule has 0 unspecified atom stereocenters. The van der Waals surface area contributed by atoms with Crippen molar-refractivity contribution in [1.82, 2.24) is 15.1 Å². The smallest absolute Gasteiger partial charge is 0.108 e. The zero-order valence-corrected chi connectivity index (χ0v) is 12.4. The van der Waals surface area contributed by atoms with E-state index in [2.05, 4.69) is 50.9 Å². The van der Waals surface area contributed by atoms with Crippen molar-refractivity contribution in [2.45, 2.75) is 19.9 Å². The van der Waals surface area contributed by atoms with Gasteiger partial charge in [0.15, 0.2) is 0 Å². The first-order valence-electron chi connectivity index (χ1n) is 5.69. The van der Waals surface area contributed by atoms with Gasteiger partial charge in [0.05, 0.1) is 4.88 Å². The molecule has 0 atom stereocenters. The topological polar surface area (TPSA) is 29.9 Å². The summed E-state index contributed by atoms with van der Waals surface area (Å²) in [7, 11) is 1.97. The third-order valence-corrected chi connectivity index (χ3v) is 4.32. The third-order valence-electron chi connectivity index (χ3n) is 2.48. The minimum absolute atomic E-state index is 0.876. The lowest BCUT2D eigenvalue weighted by molar-refractivity contribution is 0.675. The van der Waals surface area contributed by atoms with E-state index in [1.54, 1.807) is 11.3 Å². The van der Waals surface area contributed by atoms with Gasteiger partial charge in [-0.05, 0) is 40.3 Å². The van der Waals surface area contributed by atoms with Crippen LogP contribution in [0.2, 0.25) is 0 Å². The van der Waals surface area contributed by atoms with Gasteiger partial charge >= 0.3 is 0 Å². The van der Waals surface area contributed by atoms with E-state index in [4.69, 9.17) is 0 Å². The Morgan fingerprint density at radius 3 is 3.00 bits per heavy atom. The van der Waals surface area contributed by atoms with E-state index >= 15 is 0 Å². The van der Waals surface area contributed by atoms with Gasteiger partial charge in [0.2, 0.25) is 0 Å². The molecule has 2 heterocycles. The molecule has 2 aromatic heterocycles. The van der Waals surface area contributed by atoms with Crippen LogP contribution in [0.15, 0.2) is 22.1 Å². The summed E-state index contributed by atoms with van der Waals surface area (Å²) in [5.41, 5.74) is 2.34. The fourth-order valence-corrected chi connectivity index (χ4v) is 3.30. The van der Waals surface area contributed by atoms with Crippen LogP contribution >= 0.6 is 27.3 Å². The van der Waals surface area contributed by atoms with Crippen molar-refractivity contribution in [3.05, 3.63) is 27.7 Å². The van der Waals surface area contributed by atoms with Crippen LogP contribution in [0, 0.1) is 0 Å². The lowest BCUT2D eigenvalue weighted by Gasteiger charge is -2.02. The minimum atomic E-state index is 0.876. The summed E-state index contributed by atoms with van der Waals surface area (Å²) in [5.74, 6) is 0. The van der Waals surface area contributed by atoms with E-state index < -0.39 is 0 Å². The SMILES string of the molecule is CCCNCc1cn(C)nc1-c1sccc1Br. The highest BCUT2D eigenvalue weighted by molar-refractivity contribution is 9.10. The van der Waals surface area contributed by atoms with Crippen molar-refractivity contribution in [1.29, 1.82) is 0 Å². The molecule has 0 aliphatic heterocycles. The van der Waals surface area contributed by atoms with E-state index in [0.717, 1.165) is 29.7 Å². The Morgan fingerprint density at radius 1 is 1.53 bits per heavy atom. The van der Waals surface area contributed by atoms with Crippen molar-refractivity contribution in [2.75, 3.05) is 6.54 Å². The standard InChI is InChI=1S/C12H16BrN3S/c1-3-5-14-7-9-8-16(2)15-11(9)12-10(13)4-6-17-12/h4,6,8,14H,3,5,7H2,1-2H3. The molecule has 2 rings (SSSR count). The second-order valence-corrected chi connectivity index (χ2v) is 5.72. The molecule has 0 aliphatic rings. The van der Waals surface area contributed by atoms with Crippen molar-refractivity contribution in [3.8, 4) is 10.6 Å². The molecule has 92 valence electrons. The lowest BCUT2D eigenvalue weighted by Crippen LogP contribution is -2.13. The first-order valence-corrected chi connectivity index (χ1v) is 7.36. The van der Waals surface area contributed by atoms with Crippen molar-refractivity contribution in [3.63, 3.8) is 0 Å². The maximum atomic E-state index is 4.55. The molecule has 17 heavy (non-hydrogen) atoms. The second kappa shape index (κ2) is 5.80. The van der Waals surface area contributed by atoms with Crippen LogP contribution in [-0.4, -0.2) is 16.3 Å². The third kappa shape index (κ3) is 2.97. The van der Waals surface area contributed by atoms with Gasteiger partial charge in [-0.3, -0.25) is 4.68 Å². The van der Waals surface area contributed by atoms with Gasteiger partial charge in [0, 0.05) is 29.8 Å². The monoisotopic (exact) mass is 313 g/mol. The molecule has 0 bridgehead atoms. The van der Waals surface area contributed by atoms with E-state index in [0.29, 0.717) is 0 Å². The molecule has 0 spiro atoms. The number of nitrogens with one attached hydrogen (secondary N) is 1. The summed E-state index contributed by atoms with van der Waals surface area (Å²) in [6.07, 6.45) is 3.24. The molecule has 1 N–H and O–H groups in total. The molecule has 0 saturated heterocycles. The van der Waals surface area contributed by atoms with Gasteiger partial charge in [-0.25, -0.2) is 0 Å². The maximum absolute atomic E-state index is 4.55. The van der Waals surface area contributed by atoms with Crippen LogP contribution in [0.3, 0.4) is 0 Å². The summed E-state index contributed by atoms with van der Waals surface area (Å²) in [6.45, 7) is 4.09. The first kappa shape index (κ1) is 12.8. The van der Waals surface area contributed by atoms with Crippen LogP contribution in [0.5, 0.6) is 0 Å². The molecule has 0 radical (unpaired) electrons. The van der Waals surface area contributed by atoms with E-state index in [1.807, 2.05) is 11.7 Å². The van der Waals surface area contributed by atoms with Crippen LogP contribution in [0.25, 0.3) is 10.6 Å². The van der Waals surface area contributed by atoms with Crippen molar-refractivity contribution < 1.29 is 0 Å². The summed E-state index contributed by atoms with van der Waals surface area (Å²) in [4.78, 5) is 1.21. The van der Waals surface area contributed by atoms with Gasteiger partial charge in [-0.2, -0.15) is 5.10 Å². The molecule has 3 nitrogen and oxygen atoms in total. The highest BCUT2D eigenvalue weighted by Crippen LogP contribution is 2.34. The highest BCUT2D eigenvalue weighted by Gasteiger charge is 2.13. The number of nitrogens with zero attached hydrogens (tertiary/aromatic N) is 2. The molecular weight excluding hydrogens is 298 g/mol. The Morgan fingerprint density at radius 2 is 2.35 bits per heavy atom. The van der Waals surface area contributed by atoms with Gasteiger partial charge in [-0.15, -0.1) is 11.3 Å². The Kier molecular flexibility index (Phi) is 4.36. The summed E-state index contributed by atoms with van der Waals surface area (Å²) in [6, 6.07) is 2.07. The van der Waals surface area contributed by atoms with Crippen molar-refractivity contribution >= 4 is 27.3 Å². The molecule has 0 amide bonds. The van der Waals surface area contributed by atoms with Crippen LogP contribution < -0.4 is 5.32 Å². The van der Waals surface area contributed by atoms with Gasteiger partial charge in [-0.1, -0.05) is 6.92 Å². The number of halogens is 1. The van der Waals surface area contributed by atoms with Gasteiger partial charge in [0.25, 0.3) is 0 Å². The predicted octanol–water partition coefficient (Wildman–Crippen LogP) is 3.41. The maximum Gasteiger partial charge on any atom is 0.108 e. The largest absolute Gasteiger partial charge is 0.313 e. The molecule has 0 saturated carbocycles. The number of thiophene rings is 1. The highest BCUT2D eigenvalue weighted by atomic mass is 79.9. The van der Waals surface area contributed by atoms with E-state index in [1.165, 1.54) is 10.4 Å². The second-order valence-electron chi connectivity index (χ2n) is 3.95. The lowest BCUT2D eigenvalue weighted by atomic mass is 10.2. The number of aromatic nitrogens is 2. The molecule has 5 heteroatoms. The number of hydrogen-bond donors (Lipinski definition) is 1. The molecule has 0 aromatic carbocycles. The molecular formula is C12H16BrN3S. The average molecular weight is 314 g/mol. The molecule has 0 aliphatic carbocycles. The van der Waals surface area contributed by atoms with E-state index in [-0.39, 0.29) is 0 Å². The fourth-order valence-electron chi connectivity index (χ4n) is 1.72. The van der Waals surface area contributed by atoms with Gasteiger partial charge in [0.1, 0.15) is 5.69 Å². The Hall–Kier alpha value is -0.650. The first-order chi connectivity index (χ1) is 8.22. The van der Waals surface area contributed by atoms with Gasteiger partial charge < -0.3 is 5.32 Å². The predicted molar refractivity (Wildman–Crippen MR) is 76.2 cm³/mol. The zero-order chi connectivity index (χ0) is 12.3. The normalized spacial score (nSPS) is 11.0. The summed E-state index contributed by atoms with van der Waals surface area (Å²) >= 11 is 5.29. The Balaban J connectivity index is 2.25. The number of rotatable bonds is 5. The zero-order valence-electron chi connectivity index (χ0n) is 10.0. The van der Waals surface area contributed by atoms with Crippen LogP contribution in [-0.2, 0) is 13.6 Å². The average Bonchev–Trinajstić information content (AvgIpc) is 2.85. The Labute approximate surface area is 114 Å². The molecule has 2 aromatic rings. The van der Waals surface area contributed by atoms with Crippen molar-refractivity contribution in [2.24, 2.45) is 7.05 Å². The summed E-state index contributed by atoms with van der Waals surface area (Å²) in [5, 5.41) is 10.1. The van der Waals surface area contributed by atoms with E-state index in [9.17, 15) is 0 Å². The quantitative estimate of drug-likeness (QED) is 0.857. The Bertz CT molecular complexity index is 490.